The lowest BCUT2D eigenvalue weighted by Crippen LogP contribution is -2.26. The summed E-state index contributed by atoms with van der Waals surface area (Å²) in [6.07, 6.45) is 3.38. The van der Waals surface area contributed by atoms with Gasteiger partial charge in [0.15, 0.2) is 0 Å². The van der Waals surface area contributed by atoms with Crippen molar-refractivity contribution in [2.75, 3.05) is 0 Å². The van der Waals surface area contributed by atoms with Gasteiger partial charge in [-0.05, 0) is 42.9 Å². The van der Waals surface area contributed by atoms with Crippen molar-refractivity contribution in [2.24, 2.45) is 0 Å². The molecule has 3 rings (SSSR count). The van der Waals surface area contributed by atoms with Crippen molar-refractivity contribution in [2.45, 2.75) is 26.3 Å². The fourth-order valence-corrected chi connectivity index (χ4v) is 2.78. The molecular formula is C16H15NO3. The van der Waals surface area contributed by atoms with Crippen LogP contribution >= 0.6 is 0 Å². The van der Waals surface area contributed by atoms with E-state index in [1.807, 2.05) is 12.1 Å². The highest BCUT2D eigenvalue weighted by Crippen LogP contribution is 2.24. The molecule has 1 N–H and O–H groups in total. The Kier molecular flexibility index (Phi) is 2.93. The van der Waals surface area contributed by atoms with E-state index in [0.717, 1.165) is 23.7 Å². The maximum atomic E-state index is 12.5. The number of hydrogen-bond donors (Lipinski definition) is 1. The number of benzene rings is 1. The molecule has 1 aliphatic rings. The number of hydrogen-bond acceptors (Lipinski definition) is 2. The molecule has 0 spiro atoms. The highest BCUT2D eigenvalue weighted by atomic mass is 16.4. The molecule has 0 aliphatic carbocycles. The highest BCUT2D eigenvalue weighted by Gasteiger charge is 2.15. The monoisotopic (exact) mass is 269 g/mol. The summed E-state index contributed by atoms with van der Waals surface area (Å²) in [5.74, 6) is -1.00. The lowest BCUT2D eigenvalue weighted by atomic mass is 9.99. The van der Waals surface area contributed by atoms with Gasteiger partial charge in [-0.15, -0.1) is 0 Å². The standard InChI is InChI=1S/C16H15NO3/c1-10(16(19)20)8-13-9-12-5-2-4-11-6-3-7-17(14(11)12)15(13)18/h2,4-5,8-9H,3,6-7H2,1H3,(H,19,20)/b10-8+. The molecule has 0 amide bonds. The van der Waals surface area contributed by atoms with Crippen LogP contribution in [0.25, 0.3) is 17.0 Å². The number of aryl methyl sites for hydroxylation is 2. The Morgan fingerprint density at radius 2 is 2.20 bits per heavy atom. The fraction of sp³-hybridized carbons (Fsp3) is 0.250. The first-order chi connectivity index (χ1) is 9.58. The van der Waals surface area contributed by atoms with E-state index in [4.69, 9.17) is 5.11 Å². The SMILES string of the molecule is C/C(=C\c1cc2cccc3c2n(c1=O)CCC3)C(=O)O. The van der Waals surface area contributed by atoms with Crippen molar-refractivity contribution in [3.05, 3.63) is 51.3 Å². The summed E-state index contributed by atoms with van der Waals surface area (Å²) in [4.78, 5) is 23.4. The predicted molar refractivity (Wildman–Crippen MR) is 77.8 cm³/mol. The van der Waals surface area contributed by atoms with Crippen LogP contribution in [-0.2, 0) is 17.8 Å². The number of aliphatic carboxylic acids is 1. The second-order valence-corrected chi connectivity index (χ2v) is 5.15. The van der Waals surface area contributed by atoms with Crippen LogP contribution in [0.3, 0.4) is 0 Å². The summed E-state index contributed by atoms with van der Waals surface area (Å²) in [6.45, 7) is 2.19. The minimum absolute atomic E-state index is 0.106. The van der Waals surface area contributed by atoms with Crippen LogP contribution in [0.2, 0.25) is 0 Å². The molecule has 0 bridgehead atoms. The van der Waals surface area contributed by atoms with Gasteiger partial charge in [0.05, 0.1) is 5.52 Å². The van der Waals surface area contributed by atoms with Gasteiger partial charge in [-0.1, -0.05) is 18.2 Å². The Morgan fingerprint density at radius 1 is 1.40 bits per heavy atom. The van der Waals surface area contributed by atoms with Crippen LogP contribution in [0, 0.1) is 0 Å². The Hall–Kier alpha value is -2.36. The number of nitrogens with zero attached hydrogens (tertiary/aromatic N) is 1. The number of rotatable bonds is 2. The molecule has 0 saturated carbocycles. The van der Waals surface area contributed by atoms with Gasteiger partial charge in [-0.3, -0.25) is 4.79 Å². The quantitative estimate of drug-likeness (QED) is 0.852. The van der Waals surface area contributed by atoms with Crippen molar-refractivity contribution in [3.63, 3.8) is 0 Å². The Balaban J connectivity index is 2.33. The van der Waals surface area contributed by atoms with Crippen molar-refractivity contribution in [3.8, 4) is 0 Å². The zero-order chi connectivity index (χ0) is 14.3. The number of carbonyl (C=O) groups is 1. The summed E-state index contributed by atoms with van der Waals surface area (Å²) in [5.41, 5.74) is 2.69. The molecule has 0 saturated heterocycles. The van der Waals surface area contributed by atoms with Crippen LogP contribution < -0.4 is 5.56 Å². The van der Waals surface area contributed by atoms with Crippen molar-refractivity contribution in [1.82, 2.24) is 4.57 Å². The van der Waals surface area contributed by atoms with Gasteiger partial charge in [0, 0.05) is 17.7 Å². The number of carboxylic acids is 1. The van der Waals surface area contributed by atoms with Gasteiger partial charge in [-0.2, -0.15) is 0 Å². The Labute approximate surface area is 116 Å². The van der Waals surface area contributed by atoms with Crippen LogP contribution in [0.15, 0.2) is 34.6 Å². The van der Waals surface area contributed by atoms with Crippen molar-refractivity contribution in [1.29, 1.82) is 0 Å². The lowest BCUT2D eigenvalue weighted by Gasteiger charge is -2.19. The van der Waals surface area contributed by atoms with Crippen LogP contribution in [-0.4, -0.2) is 15.6 Å². The molecule has 0 fully saturated rings. The van der Waals surface area contributed by atoms with E-state index in [0.29, 0.717) is 12.1 Å². The third-order valence-corrected chi connectivity index (χ3v) is 3.76. The molecule has 0 unspecified atom stereocenters. The number of carboxylic acid groups (broad SMARTS) is 1. The maximum Gasteiger partial charge on any atom is 0.331 e. The minimum atomic E-state index is -1.00. The second kappa shape index (κ2) is 4.63. The normalized spacial score (nSPS) is 14.6. The number of para-hydroxylation sites is 1. The van der Waals surface area contributed by atoms with Gasteiger partial charge in [-0.25, -0.2) is 4.79 Å². The van der Waals surface area contributed by atoms with E-state index < -0.39 is 5.97 Å². The van der Waals surface area contributed by atoms with E-state index >= 15 is 0 Å². The molecule has 20 heavy (non-hydrogen) atoms. The van der Waals surface area contributed by atoms with E-state index in [1.165, 1.54) is 18.6 Å². The van der Waals surface area contributed by atoms with Crippen molar-refractivity contribution < 1.29 is 9.90 Å². The minimum Gasteiger partial charge on any atom is -0.478 e. The average Bonchev–Trinajstić information content (AvgIpc) is 2.44. The summed E-state index contributed by atoms with van der Waals surface area (Å²) < 4.78 is 1.77. The summed E-state index contributed by atoms with van der Waals surface area (Å²) >= 11 is 0. The first kappa shape index (κ1) is 12.7. The molecular weight excluding hydrogens is 254 g/mol. The molecule has 1 aromatic carbocycles. The lowest BCUT2D eigenvalue weighted by molar-refractivity contribution is -0.132. The largest absolute Gasteiger partial charge is 0.478 e. The van der Waals surface area contributed by atoms with Crippen LogP contribution in [0.5, 0.6) is 0 Å². The topological polar surface area (TPSA) is 59.3 Å². The van der Waals surface area contributed by atoms with Crippen molar-refractivity contribution >= 4 is 22.9 Å². The van der Waals surface area contributed by atoms with Gasteiger partial charge in [0.25, 0.3) is 5.56 Å². The van der Waals surface area contributed by atoms with Crippen LogP contribution in [0.4, 0.5) is 0 Å². The molecule has 102 valence electrons. The maximum absolute atomic E-state index is 12.5. The van der Waals surface area contributed by atoms with Gasteiger partial charge in [0.2, 0.25) is 0 Å². The first-order valence-corrected chi connectivity index (χ1v) is 6.65. The number of pyridine rings is 1. The average molecular weight is 269 g/mol. The molecule has 0 atom stereocenters. The third kappa shape index (κ3) is 1.93. The summed E-state index contributed by atoms with van der Waals surface area (Å²) in [7, 11) is 0. The zero-order valence-corrected chi connectivity index (χ0v) is 11.2. The smallest absolute Gasteiger partial charge is 0.331 e. The molecule has 2 aromatic rings. The van der Waals surface area contributed by atoms with Gasteiger partial charge >= 0.3 is 5.97 Å². The second-order valence-electron chi connectivity index (χ2n) is 5.15. The third-order valence-electron chi connectivity index (χ3n) is 3.76. The fourth-order valence-electron chi connectivity index (χ4n) is 2.78. The van der Waals surface area contributed by atoms with E-state index in [2.05, 4.69) is 6.07 Å². The summed E-state index contributed by atoms with van der Waals surface area (Å²) in [5, 5.41) is 9.94. The van der Waals surface area contributed by atoms with E-state index in [9.17, 15) is 9.59 Å². The predicted octanol–water partition coefficient (Wildman–Crippen LogP) is 2.44. The molecule has 1 aliphatic heterocycles. The van der Waals surface area contributed by atoms with Crippen LogP contribution in [0.1, 0.15) is 24.5 Å². The first-order valence-electron chi connectivity index (χ1n) is 6.65. The molecule has 1 aromatic heterocycles. The Morgan fingerprint density at radius 3 is 2.95 bits per heavy atom. The summed E-state index contributed by atoms with van der Waals surface area (Å²) in [6, 6.07) is 7.79. The molecule has 4 nitrogen and oxygen atoms in total. The molecule has 4 heteroatoms. The van der Waals surface area contributed by atoms with E-state index in [1.54, 1.807) is 10.6 Å². The molecule has 0 radical (unpaired) electrons. The Bertz CT molecular complexity index is 799. The zero-order valence-electron chi connectivity index (χ0n) is 11.2. The molecule has 2 heterocycles. The van der Waals surface area contributed by atoms with E-state index in [-0.39, 0.29) is 11.1 Å². The highest BCUT2D eigenvalue weighted by molar-refractivity contribution is 5.92. The van der Waals surface area contributed by atoms with Gasteiger partial charge in [0.1, 0.15) is 0 Å². The number of aromatic nitrogens is 1. The van der Waals surface area contributed by atoms with Gasteiger partial charge < -0.3 is 9.67 Å².